The second kappa shape index (κ2) is 6.13. The number of aromatic nitrogens is 6. The van der Waals surface area contributed by atoms with E-state index < -0.39 is 0 Å². The summed E-state index contributed by atoms with van der Waals surface area (Å²) >= 11 is 0. The highest BCUT2D eigenvalue weighted by atomic mass is 15.3. The lowest BCUT2D eigenvalue weighted by atomic mass is 10.1. The van der Waals surface area contributed by atoms with Crippen LogP contribution in [0.15, 0.2) is 6.20 Å². The van der Waals surface area contributed by atoms with Gasteiger partial charge in [0.15, 0.2) is 5.65 Å². The van der Waals surface area contributed by atoms with Gasteiger partial charge >= 0.3 is 0 Å². The van der Waals surface area contributed by atoms with Gasteiger partial charge in [0.1, 0.15) is 11.6 Å². The number of fused-ring (bicyclic) bond motifs is 1. The van der Waals surface area contributed by atoms with E-state index in [9.17, 15) is 0 Å². The standard InChI is InChI=1S/C18H25N7/c1-10(15-11(2)23-24-12(15)3)20-17-14-9-19-25(4)18(14)22-16(21-17)13-7-5-6-8-13/h9-10,13H,5-8H2,1-4H3,(H,23,24)(H,20,21,22)/t10-/m1/s1. The molecule has 3 aromatic heterocycles. The van der Waals surface area contributed by atoms with E-state index in [0.717, 1.165) is 34.1 Å². The van der Waals surface area contributed by atoms with Crippen LogP contribution in [0, 0.1) is 13.8 Å². The first-order chi connectivity index (χ1) is 12.0. The van der Waals surface area contributed by atoms with E-state index in [1.54, 1.807) is 0 Å². The molecule has 7 nitrogen and oxygen atoms in total. The number of nitrogens with one attached hydrogen (secondary N) is 2. The monoisotopic (exact) mass is 339 g/mol. The van der Waals surface area contributed by atoms with E-state index in [1.807, 2.05) is 24.9 Å². The fourth-order valence-electron chi connectivity index (χ4n) is 3.99. The first kappa shape index (κ1) is 16.1. The van der Waals surface area contributed by atoms with Gasteiger partial charge in [-0.15, -0.1) is 0 Å². The molecule has 0 spiro atoms. The lowest BCUT2D eigenvalue weighted by Crippen LogP contribution is -2.12. The Hall–Kier alpha value is -2.44. The SMILES string of the molecule is Cc1n[nH]c(C)c1[C@@H](C)Nc1nc(C2CCCC2)nc2c1cnn2C. The zero-order valence-corrected chi connectivity index (χ0v) is 15.3. The molecule has 0 radical (unpaired) electrons. The van der Waals surface area contributed by atoms with Crippen LogP contribution in [0.2, 0.25) is 0 Å². The summed E-state index contributed by atoms with van der Waals surface area (Å²) in [5, 5.41) is 16.3. The summed E-state index contributed by atoms with van der Waals surface area (Å²) in [6.07, 6.45) is 6.74. The molecule has 0 bridgehead atoms. The van der Waals surface area contributed by atoms with Crippen molar-refractivity contribution in [1.29, 1.82) is 0 Å². The number of nitrogens with zero attached hydrogens (tertiary/aromatic N) is 5. The molecular weight excluding hydrogens is 314 g/mol. The molecule has 1 aliphatic carbocycles. The van der Waals surface area contributed by atoms with Crippen molar-refractivity contribution in [2.45, 2.75) is 58.4 Å². The molecule has 0 unspecified atom stereocenters. The van der Waals surface area contributed by atoms with Gasteiger partial charge in [0, 0.05) is 24.2 Å². The Morgan fingerprint density at radius 3 is 2.68 bits per heavy atom. The summed E-state index contributed by atoms with van der Waals surface area (Å²) < 4.78 is 1.83. The predicted octanol–water partition coefficient (Wildman–Crippen LogP) is 3.53. The van der Waals surface area contributed by atoms with Crippen molar-refractivity contribution in [2.75, 3.05) is 5.32 Å². The number of rotatable bonds is 4. The molecule has 25 heavy (non-hydrogen) atoms. The molecule has 3 aromatic rings. The Morgan fingerprint density at radius 1 is 1.24 bits per heavy atom. The molecule has 7 heteroatoms. The Labute approximate surface area is 147 Å². The maximum atomic E-state index is 4.90. The van der Waals surface area contributed by atoms with E-state index in [-0.39, 0.29) is 6.04 Å². The molecule has 0 amide bonds. The molecule has 1 fully saturated rings. The van der Waals surface area contributed by atoms with Crippen LogP contribution in [0.1, 0.15) is 67.3 Å². The van der Waals surface area contributed by atoms with Gasteiger partial charge in [-0.3, -0.25) is 9.78 Å². The Morgan fingerprint density at radius 2 is 2.00 bits per heavy atom. The summed E-state index contributed by atoms with van der Waals surface area (Å²) in [6, 6.07) is 0.105. The molecule has 1 saturated carbocycles. The highest BCUT2D eigenvalue weighted by molar-refractivity contribution is 5.86. The third-order valence-corrected chi connectivity index (χ3v) is 5.30. The molecule has 0 saturated heterocycles. The number of aromatic amines is 1. The van der Waals surface area contributed by atoms with Crippen molar-refractivity contribution < 1.29 is 0 Å². The summed E-state index contributed by atoms with van der Waals surface area (Å²) in [6.45, 7) is 6.22. The Kier molecular flexibility index (Phi) is 3.94. The van der Waals surface area contributed by atoms with Gasteiger partial charge < -0.3 is 5.32 Å². The van der Waals surface area contributed by atoms with Crippen LogP contribution in [0.5, 0.6) is 0 Å². The molecule has 132 valence electrons. The van der Waals surface area contributed by atoms with E-state index >= 15 is 0 Å². The quantitative estimate of drug-likeness (QED) is 0.759. The van der Waals surface area contributed by atoms with Crippen LogP contribution < -0.4 is 5.32 Å². The van der Waals surface area contributed by atoms with Gasteiger partial charge in [-0.1, -0.05) is 12.8 Å². The van der Waals surface area contributed by atoms with Crippen molar-refractivity contribution in [3.8, 4) is 0 Å². The van der Waals surface area contributed by atoms with Crippen LogP contribution in [0.3, 0.4) is 0 Å². The number of anilines is 1. The Bertz CT molecular complexity index is 882. The van der Waals surface area contributed by atoms with Gasteiger partial charge in [-0.05, 0) is 33.6 Å². The zero-order valence-electron chi connectivity index (χ0n) is 15.3. The minimum absolute atomic E-state index is 0.105. The maximum absolute atomic E-state index is 4.90. The van der Waals surface area contributed by atoms with Crippen molar-refractivity contribution in [1.82, 2.24) is 29.9 Å². The fraction of sp³-hybridized carbons (Fsp3) is 0.556. The number of hydrogen-bond donors (Lipinski definition) is 2. The van der Waals surface area contributed by atoms with Crippen LogP contribution in [-0.2, 0) is 7.05 Å². The molecule has 4 rings (SSSR count). The van der Waals surface area contributed by atoms with Crippen molar-refractivity contribution >= 4 is 16.9 Å². The molecule has 1 atom stereocenters. The fourth-order valence-corrected chi connectivity index (χ4v) is 3.99. The molecule has 1 aliphatic rings. The largest absolute Gasteiger partial charge is 0.363 e. The van der Waals surface area contributed by atoms with E-state index in [2.05, 4.69) is 34.5 Å². The summed E-state index contributed by atoms with van der Waals surface area (Å²) in [7, 11) is 1.94. The van der Waals surface area contributed by atoms with E-state index in [0.29, 0.717) is 5.92 Å². The predicted molar refractivity (Wildman–Crippen MR) is 97.6 cm³/mol. The third kappa shape index (κ3) is 2.77. The first-order valence-electron chi connectivity index (χ1n) is 9.02. The lowest BCUT2D eigenvalue weighted by Gasteiger charge is -2.17. The van der Waals surface area contributed by atoms with Crippen LogP contribution in [0.25, 0.3) is 11.0 Å². The number of H-pyrrole nitrogens is 1. The van der Waals surface area contributed by atoms with Gasteiger partial charge in [-0.2, -0.15) is 10.2 Å². The highest BCUT2D eigenvalue weighted by Crippen LogP contribution is 2.35. The average molecular weight is 339 g/mol. The number of aryl methyl sites for hydroxylation is 3. The first-order valence-corrected chi connectivity index (χ1v) is 9.02. The zero-order chi connectivity index (χ0) is 17.6. The normalized spacial score (nSPS) is 16.6. The van der Waals surface area contributed by atoms with E-state index in [1.165, 1.54) is 31.2 Å². The van der Waals surface area contributed by atoms with Crippen molar-refractivity contribution in [3.05, 3.63) is 29.0 Å². The molecule has 0 aromatic carbocycles. The van der Waals surface area contributed by atoms with Crippen LogP contribution in [-0.4, -0.2) is 29.9 Å². The van der Waals surface area contributed by atoms with Crippen LogP contribution in [0.4, 0.5) is 5.82 Å². The van der Waals surface area contributed by atoms with Crippen molar-refractivity contribution in [2.24, 2.45) is 7.05 Å². The van der Waals surface area contributed by atoms with Gasteiger partial charge in [0.25, 0.3) is 0 Å². The van der Waals surface area contributed by atoms with Gasteiger partial charge in [0.05, 0.1) is 23.3 Å². The second-order valence-corrected chi connectivity index (χ2v) is 7.13. The van der Waals surface area contributed by atoms with Crippen molar-refractivity contribution in [3.63, 3.8) is 0 Å². The smallest absolute Gasteiger partial charge is 0.163 e. The number of hydrogen-bond acceptors (Lipinski definition) is 5. The van der Waals surface area contributed by atoms with Gasteiger partial charge in [0.2, 0.25) is 0 Å². The summed E-state index contributed by atoms with van der Waals surface area (Å²) in [4.78, 5) is 9.71. The highest BCUT2D eigenvalue weighted by Gasteiger charge is 2.23. The lowest BCUT2D eigenvalue weighted by molar-refractivity contribution is 0.666. The molecular formula is C18H25N7. The summed E-state index contributed by atoms with van der Waals surface area (Å²) in [5.41, 5.74) is 4.19. The minimum Gasteiger partial charge on any atom is -0.363 e. The topological polar surface area (TPSA) is 84.3 Å². The average Bonchev–Trinajstić information content (AvgIpc) is 3.30. The second-order valence-electron chi connectivity index (χ2n) is 7.13. The molecule has 2 N–H and O–H groups in total. The molecule has 3 heterocycles. The third-order valence-electron chi connectivity index (χ3n) is 5.30. The summed E-state index contributed by atoms with van der Waals surface area (Å²) in [5.74, 6) is 2.28. The van der Waals surface area contributed by atoms with Gasteiger partial charge in [-0.25, -0.2) is 9.97 Å². The maximum Gasteiger partial charge on any atom is 0.163 e. The minimum atomic E-state index is 0.105. The van der Waals surface area contributed by atoms with Crippen LogP contribution >= 0.6 is 0 Å². The van der Waals surface area contributed by atoms with E-state index in [4.69, 9.17) is 9.97 Å². The Balaban J connectivity index is 1.75. The molecule has 0 aliphatic heterocycles.